The Hall–Kier alpha value is -2.88. The van der Waals surface area contributed by atoms with Gasteiger partial charge in [-0.15, -0.1) is 0 Å². The smallest absolute Gasteiger partial charge is 0.367 e. The molecule has 0 spiro atoms. The lowest BCUT2D eigenvalue weighted by Gasteiger charge is -2.10. The molecule has 1 aromatic carbocycles. The van der Waals surface area contributed by atoms with Crippen LogP contribution in [0.3, 0.4) is 0 Å². The number of ether oxygens (including phenoxy) is 1. The first-order valence-corrected chi connectivity index (χ1v) is 9.49. The van der Waals surface area contributed by atoms with Crippen molar-refractivity contribution in [2.75, 3.05) is 18.5 Å². The minimum Gasteiger partial charge on any atom is -0.367 e. The minimum atomic E-state index is -4.42. The summed E-state index contributed by atoms with van der Waals surface area (Å²) in [6, 6.07) is 6.07. The minimum absolute atomic E-state index is 0.0931. The second-order valence-electron chi connectivity index (χ2n) is 7.11. The Morgan fingerprint density at radius 3 is 2.60 bits per heavy atom. The number of benzene rings is 1. The Kier molecular flexibility index (Phi) is 7.99. The Labute approximate surface area is 172 Å². The van der Waals surface area contributed by atoms with Crippen molar-refractivity contribution in [3.8, 4) is 0 Å². The highest BCUT2D eigenvalue weighted by molar-refractivity contribution is 6.08. The van der Waals surface area contributed by atoms with Gasteiger partial charge in [-0.05, 0) is 30.5 Å². The highest BCUT2D eigenvalue weighted by atomic mass is 19.4. The Morgan fingerprint density at radius 2 is 1.97 bits per heavy atom. The summed E-state index contributed by atoms with van der Waals surface area (Å²) in [6.07, 6.45) is -2.86. The number of carbonyl (C=O) groups excluding carboxylic acids is 2. The van der Waals surface area contributed by atoms with Crippen LogP contribution in [0.25, 0.3) is 0 Å². The fourth-order valence-electron chi connectivity index (χ4n) is 2.50. The summed E-state index contributed by atoms with van der Waals surface area (Å²) < 4.78 is 42.8. The molecule has 0 bridgehead atoms. The van der Waals surface area contributed by atoms with Gasteiger partial charge in [-0.25, -0.2) is 0 Å². The van der Waals surface area contributed by atoms with Crippen molar-refractivity contribution < 1.29 is 27.5 Å². The lowest BCUT2D eigenvalue weighted by molar-refractivity contribution is -0.176. The van der Waals surface area contributed by atoms with E-state index in [0.717, 1.165) is 0 Å². The maximum atomic E-state index is 12.6. The van der Waals surface area contributed by atoms with Crippen molar-refractivity contribution in [3.05, 3.63) is 47.3 Å². The number of nitrogens with zero attached hydrogens (tertiary/aromatic N) is 2. The number of halogens is 3. The summed E-state index contributed by atoms with van der Waals surface area (Å²) in [6.45, 7) is 5.08. The molecule has 7 nitrogen and oxygen atoms in total. The summed E-state index contributed by atoms with van der Waals surface area (Å²) in [4.78, 5) is 25.1. The van der Waals surface area contributed by atoms with Crippen LogP contribution in [-0.4, -0.2) is 40.9 Å². The van der Waals surface area contributed by atoms with E-state index in [1.807, 2.05) is 20.8 Å². The zero-order chi connectivity index (χ0) is 22.3. The maximum absolute atomic E-state index is 12.6. The van der Waals surface area contributed by atoms with Crippen LogP contribution in [-0.2, 0) is 17.9 Å². The monoisotopic (exact) mass is 426 g/mol. The van der Waals surface area contributed by atoms with Crippen molar-refractivity contribution >= 4 is 17.5 Å². The highest BCUT2D eigenvalue weighted by Crippen LogP contribution is 2.18. The van der Waals surface area contributed by atoms with Gasteiger partial charge in [-0.1, -0.05) is 26.0 Å². The van der Waals surface area contributed by atoms with Crippen molar-refractivity contribution in [3.63, 3.8) is 0 Å². The number of anilines is 1. The van der Waals surface area contributed by atoms with Crippen LogP contribution in [0.2, 0.25) is 0 Å². The number of carbonyl (C=O) groups is 2. The van der Waals surface area contributed by atoms with Gasteiger partial charge in [0.15, 0.2) is 5.69 Å². The number of aromatic nitrogens is 2. The number of aryl methyl sites for hydroxylation is 1. The van der Waals surface area contributed by atoms with Gasteiger partial charge in [0.25, 0.3) is 11.8 Å². The number of hydrogen-bond donors (Lipinski definition) is 2. The third-order valence-corrected chi connectivity index (χ3v) is 3.94. The van der Waals surface area contributed by atoms with E-state index >= 15 is 0 Å². The second-order valence-corrected chi connectivity index (χ2v) is 7.11. The average Bonchev–Trinajstić information content (AvgIpc) is 3.08. The van der Waals surface area contributed by atoms with E-state index in [9.17, 15) is 22.8 Å². The summed E-state index contributed by atoms with van der Waals surface area (Å²) in [7, 11) is 0. The molecule has 0 saturated carbocycles. The standard InChI is InChI=1S/C20H25F3N4O3/c1-4-27-10-16(17(26-27)19(29)24-9-13(2)3)25-18(28)15-7-5-6-14(8-15)11-30-12-20(21,22)23/h5-8,10,13H,4,9,11-12H2,1-3H3,(H,24,29)(H,25,28). The van der Waals surface area contributed by atoms with Gasteiger partial charge in [0.1, 0.15) is 6.61 Å². The molecule has 1 heterocycles. The number of amides is 2. The van der Waals surface area contributed by atoms with E-state index in [4.69, 9.17) is 0 Å². The summed E-state index contributed by atoms with van der Waals surface area (Å²) in [5, 5.41) is 9.61. The van der Waals surface area contributed by atoms with E-state index in [-0.39, 0.29) is 29.5 Å². The fraction of sp³-hybridized carbons (Fsp3) is 0.450. The van der Waals surface area contributed by atoms with Crippen molar-refractivity contribution in [2.45, 2.75) is 40.1 Å². The molecule has 0 unspecified atom stereocenters. The van der Waals surface area contributed by atoms with Gasteiger partial charge in [-0.2, -0.15) is 18.3 Å². The highest BCUT2D eigenvalue weighted by Gasteiger charge is 2.27. The number of rotatable bonds is 9. The first-order chi connectivity index (χ1) is 14.1. The van der Waals surface area contributed by atoms with Gasteiger partial charge in [0.2, 0.25) is 0 Å². The molecule has 1 aromatic heterocycles. The first kappa shape index (κ1) is 23.4. The summed E-state index contributed by atoms with van der Waals surface area (Å²) in [5.41, 5.74) is 0.990. The lowest BCUT2D eigenvalue weighted by Crippen LogP contribution is -2.28. The number of nitrogens with one attached hydrogen (secondary N) is 2. The molecule has 2 aromatic rings. The van der Waals surface area contributed by atoms with E-state index in [0.29, 0.717) is 18.7 Å². The van der Waals surface area contributed by atoms with Crippen LogP contribution < -0.4 is 10.6 Å². The zero-order valence-corrected chi connectivity index (χ0v) is 17.0. The van der Waals surface area contributed by atoms with Crippen LogP contribution >= 0.6 is 0 Å². The predicted molar refractivity (Wildman–Crippen MR) is 105 cm³/mol. The molecule has 30 heavy (non-hydrogen) atoms. The van der Waals surface area contributed by atoms with Gasteiger partial charge in [0.05, 0.1) is 12.3 Å². The normalized spacial score (nSPS) is 11.6. The molecular weight excluding hydrogens is 401 g/mol. The van der Waals surface area contributed by atoms with Crippen LogP contribution in [0.4, 0.5) is 18.9 Å². The van der Waals surface area contributed by atoms with Crippen molar-refractivity contribution in [1.29, 1.82) is 0 Å². The van der Waals surface area contributed by atoms with Crippen LogP contribution in [0, 0.1) is 5.92 Å². The summed E-state index contributed by atoms with van der Waals surface area (Å²) >= 11 is 0. The molecule has 0 radical (unpaired) electrons. The van der Waals surface area contributed by atoms with Crippen LogP contribution in [0.5, 0.6) is 0 Å². The molecule has 0 aliphatic carbocycles. The molecule has 0 aliphatic rings. The molecule has 0 saturated heterocycles. The van der Waals surface area contributed by atoms with Gasteiger partial charge < -0.3 is 15.4 Å². The topological polar surface area (TPSA) is 85.2 Å². The molecule has 0 atom stereocenters. The van der Waals surface area contributed by atoms with Crippen LogP contribution in [0.15, 0.2) is 30.5 Å². The predicted octanol–water partition coefficient (Wildman–Crippen LogP) is 3.62. The zero-order valence-electron chi connectivity index (χ0n) is 17.0. The lowest BCUT2D eigenvalue weighted by atomic mass is 10.1. The first-order valence-electron chi connectivity index (χ1n) is 9.49. The molecule has 164 valence electrons. The second kappa shape index (κ2) is 10.2. The molecule has 2 amide bonds. The number of hydrogen-bond acceptors (Lipinski definition) is 4. The third kappa shape index (κ3) is 7.18. The third-order valence-electron chi connectivity index (χ3n) is 3.94. The van der Waals surface area contributed by atoms with Crippen molar-refractivity contribution in [2.24, 2.45) is 5.92 Å². The Balaban J connectivity index is 2.11. The Morgan fingerprint density at radius 1 is 1.23 bits per heavy atom. The molecule has 0 aliphatic heterocycles. The van der Waals surface area contributed by atoms with Crippen molar-refractivity contribution in [1.82, 2.24) is 15.1 Å². The molecule has 2 rings (SSSR count). The fourth-order valence-corrected chi connectivity index (χ4v) is 2.50. The van der Waals surface area contributed by atoms with Gasteiger partial charge in [0, 0.05) is 24.8 Å². The molecular formula is C20H25F3N4O3. The number of alkyl halides is 3. The van der Waals surface area contributed by atoms with E-state index in [1.165, 1.54) is 16.8 Å². The van der Waals surface area contributed by atoms with Crippen LogP contribution in [0.1, 0.15) is 47.2 Å². The average molecular weight is 426 g/mol. The van der Waals surface area contributed by atoms with E-state index < -0.39 is 24.6 Å². The SMILES string of the molecule is CCn1cc(NC(=O)c2cccc(COCC(F)(F)F)c2)c(C(=O)NCC(C)C)n1. The Bertz CT molecular complexity index is 878. The molecule has 2 N–H and O–H groups in total. The quantitative estimate of drug-likeness (QED) is 0.641. The van der Waals surface area contributed by atoms with Gasteiger partial charge in [-0.3, -0.25) is 14.3 Å². The van der Waals surface area contributed by atoms with Gasteiger partial charge >= 0.3 is 6.18 Å². The maximum Gasteiger partial charge on any atom is 0.411 e. The molecule has 0 fully saturated rings. The summed E-state index contributed by atoms with van der Waals surface area (Å²) in [5.74, 6) is -0.663. The molecule has 10 heteroatoms. The van der Waals surface area contributed by atoms with E-state index in [1.54, 1.807) is 18.3 Å². The largest absolute Gasteiger partial charge is 0.411 e. The van der Waals surface area contributed by atoms with E-state index in [2.05, 4.69) is 20.5 Å².